The van der Waals surface area contributed by atoms with Gasteiger partial charge >= 0.3 is 0 Å². The quantitative estimate of drug-likeness (QED) is 0.187. The number of hydrogen-bond acceptors (Lipinski definition) is 2. The highest BCUT2D eigenvalue weighted by Crippen LogP contribution is 2.44. The fraction of sp³-hybridized carbons (Fsp3) is 0.0638. The first-order chi connectivity index (χ1) is 25.6. The second kappa shape index (κ2) is 10.6. The third kappa shape index (κ3) is 3.99. The fourth-order valence-electron chi connectivity index (χ4n) is 8.54. The molecule has 5 nitrogen and oxygen atoms in total. The van der Waals surface area contributed by atoms with E-state index in [0.717, 1.165) is 61.3 Å². The van der Waals surface area contributed by atoms with E-state index in [4.69, 9.17) is 9.97 Å². The SMILES string of the molecule is CC1(C)C=Cc2c(-c3cccc4c5ccccc5n(-c5ccccc5)c34)nc(-n3c4ccccc4c4ccc5c(ccn5-c5ccccc5)c43)nc21. The molecule has 10 aromatic rings. The van der Waals surface area contributed by atoms with Gasteiger partial charge in [0.15, 0.2) is 0 Å². The molecule has 0 bridgehead atoms. The van der Waals surface area contributed by atoms with E-state index in [1.807, 2.05) is 0 Å². The highest BCUT2D eigenvalue weighted by Gasteiger charge is 2.32. The lowest BCUT2D eigenvalue weighted by atomic mass is 9.91. The summed E-state index contributed by atoms with van der Waals surface area (Å²) in [6.07, 6.45) is 6.68. The lowest BCUT2D eigenvalue weighted by Crippen LogP contribution is -2.17. The Morgan fingerprint density at radius 2 is 1.12 bits per heavy atom. The molecule has 5 heteroatoms. The lowest BCUT2D eigenvalue weighted by Gasteiger charge is -2.20. The first-order valence-electron chi connectivity index (χ1n) is 17.9. The van der Waals surface area contributed by atoms with E-state index in [2.05, 4.69) is 191 Å². The topological polar surface area (TPSA) is 40.6 Å². The van der Waals surface area contributed by atoms with E-state index >= 15 is 0 Å². The van der Waals surface area contributed by atoms with Crippen molar-refractivity contribution >= 4 is 60.6 Å². The standard InChI is InChI=1S/C47H33N5/c1-47(2)28-26-38-42(37-21-13-20-34-32-18-9-11-22-40(32)51(44(34)37)31-16-7-4-8-17-31)48-46(49-45(38)47)52-41-23-12-10-19-33(41)35-24-25-39-36(43(35)52)27-29-50(39)30-14-5-3-6-15-30/h3-29H,1-2H3. The Hall–Kier alpha value is -6.72. The van der Waals surface area contributed by atoms with Crippen LogP contribution >= 0.6 is 0 Å². The zero-order chi connectivity index (χ0) is 34.6. The van der Waals surface area contributed by atoms with Crippen molar-refractivity contribution in [3.63, 3.8) is 0 Å². The smallest absolute Gasteiger partial charge is 0.235 e. The average Bonchev–Trinajstić information content (AvgIpc) is 3.94. The fourth-order valence-corrected chi connectivity index (χ4v) is 8.54. The molecule has 1 aliphatic carbocycles. The van der Waals surface area contributed by atoms with Crippen LogP contribution in [0.5, 0.6) is 0 Å². The molecule has 0 saturated carbocycles. The first kappa shape index (κ1) is 29.1. The molecule has 0 spiro atoms. The molecule has 0 unspecified atom stereocenters. The molecule has 4 heterocycles. The van der Waals surface area contributed by atoms with Crippen molar-refractivity contribution in [1.82, 2.24) is 23.7 Å². The Kier molecular flexibility index (Phi) is 5.95. The number of allylic oxidation sites excluding steroid dienone is 1. The maximum Gasteiger partial charge on any atom is 0.235 e. The van der Waals surface area contributed by atoms with Gasteiger partial charge in [-0.2, -0.15) is 0 Å². The van der Waals surface area contributed by atoms with Crippen molar-refractivity contribution in [2.24, 2.45) is 0 Å². The minimum Gasteiger partial charge on any atom is -0.316 e. The van der Waals surface area contributed by atoms with Crippen LogP contribution in [0.3, 0.4) is 0 Å². The van der Waals surface area contributed by atoms with E-state index in [9.17, 15) is 0 Å². The molecule has 1 aliphatic rings. The van der Waals surface area contributed by atoms with Gasteiger partial charge in [-0.05, 0) is 48.5 Å². The van der Waals surface area contributed by atoms with Crippen LogP contribution in [0.15, 0.2) is 158 Å². The van der Waals surface area contributed by atoms with Gasteiger partial charge in [0.1, 0.15) is 0 Å². The monoisotopic (exact) mass is 667 g/mol. The summed E-state index contributed by atoms with van der Waals surface area (Å²) in [4.78, 5) is 11.1. The number of rotatable bonds is 4. The second-order valence-corrected chi connectivity index (χ2v) is 14.3. The summed E-state index contributed by atoms with van der Waals surface area (Å²) in [7, 11) is 0. The Morgan fingerprint density at radius 1 is 0.481 bits per heavy atom. The van der Waals surface area contributed by atoms with Crippen LogP contribution in [0.2, 0.25) is 0 Å². The number of fused-ring (bicyclic) bond motifs is 9. The Morgan fingerprint density at radius 3 is 1.87 bits per heavy atom. The number of hydrogen-bond donors (Lipinski definition) is 0. The highest BCUT2D eigenvalue weighted by molar-refractivity contribution is 6.18. The molecule has 0 amide bonds. The molecule has 0 radical (unpaired) electrons. The van der Waals surface area contributed by atoms with Gasteiger partial charge in [0.2, 0.25) is 5.95 Å². The van der Waals surface area contributed by atoms with Gasteiger partial charge in [-0.1, -0.05) is 123 Å². The van der Waals surface area contributed by atoms with Crippen LogP contribution in [-0.2, 0) is 5.41 Å². The van der Waals surface area contributed by atoms with Crippen LogP contribution < -0.4 is 0 Å². The zero-order valence-corrected chi connectivity index (χ0v) is 28.8. The number of benzene rings is 6. The van der Waals surface area contributed by atoms with Crippen molar-refractivity contribution < 1.29 is 0 Å². The first-order valence-corrected chi connectivity index (χ1v) is 17.9. The predicted molar refractivity (Wildman–Crippen MR) is 215 cm³/mol. The zero-order valence-electron chi connectivity index (χ0n) is 28.8. The van der Waals surface area contributed by atoms with Gasteiger partial charge in [0.05, 0.1) is 39.0 Å². The number of para-hydroxylation sites is 5. The van der Waals surface area contributed by atoms with Crippen molar-refractivity contribution in [3.8, 4) is 28.6 Å². The molecule has 0 N–H and O–H groups in total. The summed E-state index contributed by atoms with van der Waals surface area (Å²) in [6, 6.07) is 51.9. The minimum absolute atomic E-state index is 0.271. The molecular formula is C47H33N5. The Bertz CT molecular complexity index is 3080. The normalized spacial score (nSPS) is 13.7. The maximum atomic E-state index is 5.63. The second-order valence-electron chi connectivity index (χ2n) is 14.3. The lowest BCUT2D eigenvalue weighted by molar-refractivity contribution is 0.651. The molecule has 4 aromatic heterocycles. The molecular weight excluding hydrogens is 635 g/mol. The van der Waals surface area contributed by atoms with Gasteiger partial charge in [0, 0.05) is 61.0 Å². The Labute approximate surface area is 300 Å². The van der Waals surface area contributed by atoms with Crippen LogP contribution in [0.25, 0.3) is 89.2 Å². The summed E-state index contributed by atoms with van der Waals surface area (Å²) in [5, 5.41) is 5.95. The van der Waals surface area contributed by atoms with Crippen molar-refractivity contribution in [3.05, 3.63) is 169 Å². The van der Waals surface area contributed by atoms with E-state index in [1.165, 1.54) is 27.1 Å². The minimum atomic E-state index is -0.271. The molecule has 52 heavy (non-hydrogen) atoms. The van der Waals surface area contributed by atoms with Gasteiger partial charge in [-0.3, -0.25) is 4.57 Å². The van der Waals surface area contributed by atoms with Crippen molar-refractivity contribution in [2.45, 2.75) is 19.3 Å². The third-order valence-corrected chi connectivity index (χ3v) is 10.9. The molecule has 0 atom stereocenters. The summed E-state index contributed by atoms with van der Waals surface area (Å²) >= 11 is 0. The van der Waals surface area contributed by atoms with E-state index in [0.29, 0.717) is 5.95 Å². The molecule has 246 valence electrons. The number of aromatic nitrogens is 5. The highest BCUT2D eigenvalue weighted by atomic mass is 15.2. The summed E-state index contributed by atoms with van der Waals surface area (Å²) < 4.78 is 6.96. The van der Waals surface area contributed by atoms with Crippen molar-refractivity contribution in [1.29, 1.82) is 0 Å². The molecule has 11 rings (SSSR count). The summed E-state index contributed by atoms with van der Waals surface area (Å²) in [6.45, 7) is 4.50. The molecule has 6 aromatic carbocycles. The Balaban J connectivity index is 1.26. The van der Waals surface area contributed by atoms with E-state index in [1.54, 1.807) is 0 Å². The molecule has 0 fully saturated rings. The third-order valence-electron chi connectivity index (χ3n) is 10.9. The van der Waals surface area contributed by atoms with Crippen molar-refractivity contribution in [2.75, 3.05) is 0 Å². The van der Waals surface area contributed by atoms with Gasteiger partial charge in [-0.15, -0.1) is 0 Å². The average molecular weight is 668 g/mol. The van der Waals surface area contributed by atoms with Crippen LogP contribution in [0.4, 0.5) is 0 Å². The number of nitrogens with zero attached hydrogens (tertiary/aromatic N) is 5. The van der Waals surface area contributed by atoms with Gasteiger partial charge < -0.3 is 9.13 Å². The van der Waals surface area contributed by atoms with Gasteiger partial charge in [-0.25, -0.2) is 9.97 Å². The molecule has 0 aliphatic heterocycles. The van der Waals surface area contributed by atoms with E-state index in [-0.39, 0.29) is 5.41 Å². The van der Waals surface area contributed by atoms with Crippen LogP contribution in [-0.4, -0.2) is 23.7 Å². The summed E-state index contributed by atoms with van der Waals surface area (Å²) in [5.74, 6) is 0.677. The molecule has 0 saturated heterocycles. The largest absolute Gasteiger partial charge is 0.316 e. The van der Waals surface area contributed by atoms with Gasteiger partial charge in [0.25, 0.3) is 0 Å². The predicted octanol–water partition coefficient (Wildman–Crippen LogP) is 11.6. The van der Waals surface area contributed by atoms with Crippen LogP contribution in [0.1, 0.15) is 25.1 Å². The summed E-state index contributed by atoms with van der Waals surface area (Å²) in [5.41, 5.74) is 11.8. The maximum absolute atomic E-state index is 5.63. The van der Waals surface area contributed by atoms with Crippen LogP contribution in [0, 0.1) is 0 Å². The van der Waals surface area contributed by atoms with E-state index < -0.39 is 0 Å².